The molecular formula is C25H26ClN3O3S2. The molecule has 9 heteroatoms. The Hall–Kier alpha value is -2.23. The van der Waals surface area contributed by atoms with Crippen LogP contribution in [0.1, 0.15) is 23.0 Å². The van der Waals surface area contributed by atoms with Crippen LogP contribution in [0.4, 0.5) is 5.13 Å². The normalized spacial score (nSPS) is 14.6. The standard InChI is InChI=1S/C25H26ClN3O3S2/c1-2-32-17-8-9-19-21(16-17)34-25(27-19)29(11-5-10-28-12-14-31-15-13-28)24(30)23-22(26)18-6-3-4-7-20(18)33-23/h3-4,6-9,16H,2,5,10-15H2,1H3. The summed E-state index contributed by atoms with van der Waals surface area (Å²) in [4.78, 5) is 23.4. The number of thiazole rings is 1. The number of amides is 1. The molecule has 6 nitrogen and oxygen atoms in total. The fourth-order valence-corrected chi connectivity index (χ4v) is 6.58. The van der Waals surface area contributed by atoms with E-state index in [-0.39, 0.29) is 5.91 Å². The number of aromatic nitrogens is 1. The first-order valence-corrected chi connectivity index (χ1v) is 13.5. The predicted octanol–water partition coefficient (Wildman–Crippen LogP) is 5.93. The number of benzene rings is 2. The number of thiophene rings is 1. The Kier molecular flexibility index (Phi) is 7.32. The third kappa shape index (κ3) is 4.92. The Morgan fingerprint density at radius 3 is 2.79 bits per heavy atom. The minimum Gasteiger partial charge on any atom is -0.494 e. The highest BCUT2D eigenvalue weighted by Crippen LogP contribution is 2.38. The highest BCUT2D eigenvalue weighted by Gasteiger charge is 2.26. The van der Waals surface area contributed by atoms with E-state index < -0.39 is 0 Å². The summed E-state index contributed by atoms with van der Waals surface area (Å²) < 4.78 is 13.1. The Labute approximate surface area is 211 Å². The molecule has 3 heterocycles. The average Bonchev–Trinajstić information content (AvgIpc) is 3.43. The molecule has 0 atom stereocenters. The van der Waals surface area contributed by atoms with Gasteiger partial charge < -0.3 is 9.47 Å². The van der Waals surface area contributed by atoms with Gasteiger partial charge >= 0.3 is 0 Å². The summed E-state index contributed by atoms with van der Waals surface area (Å²) >= 11 is 9.63. The van der Waals surface area contributed by atoms with Gasteiger partial charge in [-0.25, -0.2) is 4.98 Å². The number of anilines is 1. The molecule has 4 aromatic rings. The van der Waals surface area contributed by atoms with Crippen LogP contribution in [-0.4, -0.2) is 61.8 Å². The average molecular weight is 516 g/mol. The van der Waals surface area contributed by atoms with Crippen molar-refractivity contribution in [2.45, 2.75) is 13.3 Å². The number of hydrogen-bond acceptors (Lipinski definition) is 7. The van der Waals surface area contributed by atoms with Gasteiger partial charge in [0.1, 0.15) is 10.6 Å². The van der Waals surface area contributed by atoms with Gasteiger partial charge in [0.2, 0.25) is 0 Å². The molecule has 2 aromatic heterocycles. The topological polar surface area (TPSA) is 54.9 Å². The summed E-state index contributed by atoms with van der Waals surface area (Å²) in [5.41, 5.74) is 0.858. The first-order chi connectivity index (χ1) is 16.6. The molecule has 0 unspecified atom stereocenters. The molecule has 1 amide bonds. The van der Waals surface area contributed by atoms with Crippen LogP contribution in [0.25, 0.3) is 20.3 Å². The lowest BCUT2D eigenvalue weighted by atomic mass is 10.2. The molecule has 1 saturated heterocycles. The van der Waals surface area contributed by atoms with Gasteiger partial charge in [-0.1, -0.05) is 41.1 Å². The molecule has 0 bridgehead atoms. The Morgan fingerprint density at radius 1 is 1.18 bits per heavy atom. The van der Waals surface area contributed by atoms with Gasteiger partial charge in [0.15, 0.2) is 5.13 Å². The fourth-order valence-electron chi connectivity index (χ4n) is 4.10. The van der Waals surface area contributed by atoms with E-state index >= 15 is 0 Å². The largest absolute Gasteiger partial charge is 0.494 e. The molecule has 0 spiro atoms. The number of carbonyl (C=O) groups is 1. The second kappa shape index (κ2) is 10.6. The van der Waals surface area contributed by atoms with Gasteiger partial charge in [-0.2, -0.15) is 0 Å². The lowest BCUT2D eigenvalue weighted by molar-refractivity contribution is 0.0376. The third-order valence-corrected chi connectivity index (χ3v) is 8.53. The Morgan fingerprint density at radius 2 is 2.00 bits per heavy atom. The highest BCUT2D eigenvalue weighted by molar-refractivity contribution is 7.23. The number of rotatable bonds is 8. The molecule has 1 aliphatic rings. The summed E-state index contributed by atoms with van der Waals surface area (Å²) in [6.07, 6.45) is 0.842. The third-order valence-electron chi connectivity index (χ3n) is 5.82. The number of hydrogen-bond donors (Lipinski definition) is 0. The van der Waals surface area contributed by atoms with Crippen molar-refractivity contribution in [2.24, 2.45) is 0 Å². The maximum Gasteiger partial charge on any atom is 0.271 e. The molecule has 2 aromatic carbocycles. The molecule has 34 heavy (non-hydrogen) atoms. The van der Waals surface area contributed by atoms with Gasteiger partial charge in [-0.15, -0.1) is 11.3 Å². The SMILES string of the molecule is CCOc1ccc2nc(N(CCCN3CCOCC3)C(=O)c3sc4ccccc4c3Cl)sc2c1. The minimum absolute atomic E-state index is 0.0998. The van der Waals surface area contributed by atoms with Crippen LogP contribution < -0.4 is 9.64 Å². The minimum atomic E-state index is -0.0998. The van der Waals surface area contributed by atoms with E-state index in [2.05, 4.69) is 4.90 Å². The fraction of sp³-hybridized carbons (Fsp3) is 0.360. The van der Waals surface area contributed by atoms with E-state index in [0.717, 1.165) is 65.3 Å². The van der Waals surface area contributed by atoms with Crippen LogP contribution in [0.2, 0.25) is 5.02 Å². The van der Waals surface area contributed by atoms with Crippen molar-refractivity contribution in [1.82, 2.24) is 9.88 Å². The van der Waals surface area contributed by atoms with Gasteiger partial charge in [-0.3, -0.25) is 14.6 Å². The summed E-state index contributed by atoms with van der Waals surface area (Å²) in [7, 11) is 0. The van der Waals surface area contributed by atoms with E-state index in [1.165, 1.54) is 22.7 Å². The van der Waals surface area contributed by atoms with Crippen LogP contribution >= 0.6 is 34.3 Å². The quantitative estimate of drug-likeness (QED) is 0.291. The maximum atomic E-state index is 13.8. The Bertz CT molecular complexity index is 1300. The lowest BCUT2D eigenvalue weighted by Crippen LogP contribution is -2.39. The second-order valence-electron chi connectivity index (χ2n) is 8.06. The number of fused-ring (bicyclic) bond motifs is 2. The molecule has 1 fully saturated rings. The van der Waals surface area contributed by atoms with Crippen molar-refractivity contribution in [3.8, 4) is 5.75 Å². The zero-order chi connectivity index (χ0) is 23.5. The van der Waals surface area contributed by atoms with E-state index in [9.17, 15) is 4.79 Å². The first-order valence-electron chi connectivity index (χ1n) is 11.5. The van der Waals surface area contributed by atoms with E-state index in [4.69, 9.17) is 26.1 Å². The van der Waals surface area contributed by atoms with Gasteiger partial charge in [0.05, 0.1) is 35.1 Å². The van der Waals surface area contributed by atoms with E-state index in [0.29, 0.717) is 28.2 Å². The summed E-state index contributed by atoms with van der Waals surface area (Å²) in [6.45, 7) is 7.43. The molecular weight excluding hydrogens is 490 g/mol. The van der Waals surface area contributed by atoms with Crippen LogP contribution in [0, 0.1) is 0 Å². The zero-order valence-corrected chi connectivity index (χ0v) is 21.3. The molecule has 0 radical (unpaired) electrons. The molecule has 178 valence electrons. The van der Waals surface area contributed by atoms with Crippen molar-refractivity contribution >= 4 is 65.6 Å². The van der Waals surface area contributed by atoms with Crippen molar-refractivity contribution in [3.05, 3.63) is 52.4 Å². The van der Waals surface area contributed by atoms with Gasteiger partial charge in [0, 0.05) is 36.3 Å². The maximum absolute atomic E-state index is 13.8. The number of nitrogens with zero attached hydrogens (tertiary/aromatic N) is 3. The zero-order valence-electron chi connectivity index (χ0n) is 19.0. The van der Waals surface area contributed by atoms with Crippen LogP contribution in [0.5, 0.6) is 5.75 Å². The smallest absolute Gasteiger partial charge is 0.271 e. The predicted molar refractivity (Wildman–Crippen MR) is 141 cm³/mol. The monoisotopic (exact) mass is 515 g/mol. The molecule has 1 aliphatic heterocycles. The summed E-state index contributed by atoms with van der Waals surface area (Å²) in [5.74, 6) is 0.709. The molecule has 5 rings (SSSR count). The first kappa shape index (κ1) is 23.5. The van der Waals surface area contributed by atoms with E-state index in [1.54, 1.807) is 4.90 Å². The van der Waals surface area contributed by atoms with Crippen LogP contribution in [0.3, 0.4) is 0 Å². The molecule has 0 aliphatic carbocycles. The van der Waals surface area contributed by atoms with Crippen LogP contribution in [0.15, 0.2) is 42.5 Å². The van der Waals surface area contributed by atoms with Gasteiger partial charge in [0.25, 0.3) is 5.91 Å². The van der Waals surface area contributed by atoms with Crippen molar-refractivity contribution in [1.29, 1.82) is 0 Å². The lowest BCUT2D eigenvalue weighted by Gasteiger charge is -2.27. The van der Waals surface area contributed by atoms with Crippen molar-refractivity contribution in [3.63, 3.8) is 0 Å². The molecule has 0 N–H and O–H groups in total. The van der Waals surface area contributed by atoms with Crippen molar-refractivity contribution in [2.75, 3.05) is 50.9 Å². The van der Waals surface area contributed by atoms with Crippen LogP contribution in [-0.2, 0) is 4.74 Å². The summed E-state index contributed by atoms with van der Waals surface area (Å²) in [5, 5.41) is 2.11. The number of ether oxygens (including phenoxy) is 2. The van der Waals surface area contributed by atoms with Crippen molar-refractivity contribution < 1.29 is 14.3 Å². The van der Waals surface area contributed by atoms with E-state index in [1.807, 2.05) is 49.4 Å². The number of carbonyl (C=O) groups excluding carboxylic acids is 1. The second-order valence-corrected chi connectivity index (χ2v) is 10.5. The Balaban J connectivity index is 1.45. The number of halogens is 1. The number of morpholine rings is 1. The molecule has 0 saturated carbocycles. The highest BCUT2D eigenvalue weighted by atomic mass is 35.5. The summed E-state index contributed by atoms with van der Waals surface area (Å²) in [6, 6.07) is 13.7. The van der Waals surface area contributed by atoms with Gasteiger partial charge in [-0.05, 0) is 37.6 Å².